The first kappa shape index (κ1) is 24.2. The zero-order valence-electron chi connectivity index (χ0n) is 18.7. The molecule has 0 radical (unpaired) electrons. The number of amides is 1. The van der Waals surface area contributed by atoms with Gasteiger partial charge < -0.3 is 29.0 Å². The van der Waals surface area contributed by atoms with Crippen molar-refractivity contribution >= 4 is 23.2 Å². The highest BCUT2D eigenvalue weighted by atomic mass is 35.5. The van der Waals surface area contributed by atoms with Gasteiger partial charge in [0.25, 0.3) is 5.91 Å². The molecule has 33 heavy (non-hydrogen) atoms. The smallest absolute Gasteiger partial charge is 0.256 e. The fourth-order valence-corrected chi connectivity index (χ4v) is 3.29. The Morgan fingerprint density at radius 2 is 1.55 bits per heavy atom. The van der Waals surface area contributed by atoms with E-state index in [0.717, 1.165) is 5.56 Å². The Morgan fingerprint density at radius 1 is 0.848 bits per heavy atom. The van der Waals surface area contributed by atoms with Crippen molar-refractivity contribution in [3.63, 3.8) is 0 Å². The van der Waals surface area contributed by atoms with Crippen LogP contribution in [0.1, 0.15) is 15.9 Å². The monoisotopic (exact) mass is 471 g/mol. The highest BCUT2D eigenvalue weighted by Crippen LogP contribution is 2.40. The van der Waals surface area contributed by atoms with E-state index in [1.807, 2.05) is 30.3 Å². The number of para-hydroxylation sites is 1. The molecule has 0 bridgehead atoms. The molecule has 3 aromatic rings. The Labute approximate surface area is 198 Å². The van der Waals surface area contributed by atoms with Crippen LogP contribution in [0, 0.1) is 0 Å². The predicted octanol–water partition coefficient (Wildman–Crippen LogP) is 5.21. The second-order valence-electron chi connectivity index (χ2n) is 6.90. The Balaban J connectivity index is 1.83. The molecule has 174 valence electrons. The van der Waals surface area contributed by atoms with Gasteiger partial charge in [0.15, 0.2) is 17.2 Å². The molecule has 0 aromatic heterocycles. The predicted molar refractivity (Wildman–Crippen MR) is 127 cm³/mol. The standard InChI is InChI=1S/C25H26ClNO6/c1-29-12-13-32-23-19(26)10-7-11-20(23)27-25(28)18-14-21(30-2)24(22(15-18)31-3)33-16-17-8-5-4-6-9-17/h4-11,14-15H,12-13,16H2,1-3H3,(H,27,28). The van der Waals surface area contributed by atoms with Gasteiger partial charge in [0.1, 0.15) is 13.2 Å². The minimum absolute atomic E-state index is 0.290. The van der Waals surface area contributed by atoms with E-state index in [0.29, 0.717) is 52.5 Å². The van der Waals surface area contributed by atoms with Crippen LogP contribution in [0.15, 0.2) is 60.7 Å². The minimum atomic E-state index is -0.389. The molecular formula is C25H26ClNO6. The van der Waals surface area contributed by atoms with Gasteiger partial charge in [0.2, 0.25) is 5.75 Å². The molecule has 0 aliphatic heterocycles. The van der Waals surface area contributed by atoms with Crippen molar-refractivity contribution in [2.45, 2.75) is 6.61 Å². The molecule has 0 saturated carbocycles. The maximum absolute atomic E-state index is 13.0. The van der Waals surface area contributed by atoms with Crippen molar-refractivity contribution < 1.29 is 28.5 Å². The van der Waals surface area contributed by atoms with Gasteiger partial charge in [-0.05, 0) is 29.8 Å². The summed E-state index contributed by atoms with van der Waals surface area (Å²) in [7, 11) is 4.59. The lowest BCUT2D eigenvalue weighted by molar-refractivity contribution is 0.102. The lowest BCUT2D eigenvalue weighted by Crippen LogP contribution is -2.14. The number of carbonyl (C=O) groups excluding carboxylic acids is 1. The number of rotatable bonds is 11. The topological polar surface area (TPSA) is 75.3 Å². The highest BCUT2D eigenvalue weighted by molar-refractivity contribution is 6.32. The molecule has 0 aliphatic rings. The summed E-state index contributed by atoms with van der Waals surface area (Å²) in [5, 5.41) is 3.21. The fourth-order valence-electron chi connectivity index (χ4n) is 3.06. The summed E-state index contributed by atoms with van der Waals surface area (Å²) in [5.74, 6) is 1.13. The molecule has 7 nitrogen and oxygen atoms in total. The van der Waals surface area contributed by atoms with Gasteiger partial charge in [-0.3, -0.25) is 4.79 Å². The number of anilines is 1. The van der Waals surface area contributed by atoms with Crippen molar-refractivity contribution in [2.75, 3.05) is 39.9 Å². The van der Waals surface area contributed by atoms with Gasteiger partial charge in [-0.15, -0.1) is 0 Å². The lowest BCUT2D eigenvalue weighted by atomic mass is 10.1. The first-order valence-electron chi connectivity index (χ1n) is 10.2. The van der Waals surface area contributed by atoms with Gasteiger partial charge in [-0.25, -0.2) is 0 Å². The maximum atomic E-state index is 13.0. The van der Waals surface area contributed by atoms with Gasteiger partial charge in [-0.2, -0.15) is 0 Å². The van der Waals surface area contributed by atoms with Crippen LogP contribution in [0.4, 0.5) is 5.69 Å². The Bertz CT molecular complexity index is 1050. The fraction of sp³-hybridized carbons (Fsp3) is 0.240. The number of methoxy groups -OCH3 is 3. The summed E-state index contributed by atoms with van der Waals surface area (Å²) in [4.78, 5) is 13.0. The van der Waals surface area contributed by atoms with Crippen LogP contribution in [0.25, 0.3) is 0 Å². The lowest BCUT2D eigenvalue weighted by Gasteiger charge is -2.17. The first-order chi connectivity index (χ1) is 16.1. The molecule has 8 heteroatoms. The first-order valence-corrected chi connectivity index (χ1v) is 10.6. The van der Waals surface area contributed by atoms with Gasteiger partial charge in [0, 0.05) is 12.7 Å². The molecule has 1 amide bonds. The number of carbonyl (C=O) groups is 1. The Morgan fingerprint density at radius 3 is 2.18 bits per heavy atom. The second-order valence-corrected chi connectivity index (χ2v) is 7.30. The van der Waals surface area contributed by atoms with Crippen molar-refractivity contribution in [1.29, 1.82) is 0 Å². The maximum Gasteiger partial charge on any atom is 0.256 e. The van der Waals surface area contributed by atoms with Crippen LogP contribution in [0.2, 0.25) is 5.02 Å². The molecule has 3 rings (SSSR count). The number of benzene rings is 3. The summed E-state index contributed by atoms with van der Waals surface area (Å²) in [6.45, 7) is 0.999. The molecule has 0 fully saturated rings. The van der Waals surface area contributed by atoms with Gasteiger partial charge >= 0.3 is 0 Å². The van der Waals surface area contributed by atoms with Crippen LogP contribution >= 0.6 is 11.6 Å². The summed E-state index contributed by atoms with van der Waals surface area (Å²) >= 11 is 6.27. The number of halogens is 1. The van der Waals surface area contributed by atoms with Crippen LogP contribution < -0.4 is 24.3 Å². The quantitative estimate of drug-likeness (QED) is 0.387. The summed E-state index contributed by atoms with van der Waals surface area (Å²) in [6, 6.07) is 18.0. The molecule has 1 N–H and O–H groups in total. The van der Waals surface area contributed by atoms with E-state index in [2.05, 4.69) is 5.32 Å². The number of nitrogens with one attached hydrogen (secondary N) is 1. The molecule has 0 spiro atoms. The van der Waals surface area contributed by atoms with E-state index < -0.39 is 0 Å². The van der Waals surface area contributed by atoms with E-state index in [1.54, 1.807) is 37.4 Å². The average molecular weight is 472 g/mol. The van der Waals surface area contributed by atoms with E-state index >= 15 is 0 Å². The summed E-state index contributed by atoms with van der Waals surface area (Å²) in [5.41, 5.74) is 1.75. The van der Waals surface area contributed by atoms with Crippen LogP contribution in [-0.2, 0) is 11.3 Å². The van der Waals surface area contributed by atoms with E-state index in [9.17, 15) is 4.79 Å². The average Bonchev–Trinajstić information content (AvgIpc) is 2.84. The van der Waals surface area contributed by atoms with Crippen LogP contribution in [-0.4, -0.2) is 40.5 Å². The molecule has 0 unspecified atom stereocenters. The highest BCUT2D eigenvalue weighted by Gasteiger charge is 2.19. The van der Waals surface area contributed by atoms with Crippen molar-refractivity contribution in [2.24, 2.45) is 0 Å². The number of hydrogen-bond donors (Lipinski definition) is 1. The minimum Gasteiger partial charge on any atom is -0.493 e. The van der Waals surface area contributed by atoms with E-state index in [1.165, 1.54) is 14.2 Å². The second kappa shape index (κ2) is 12.0. The third-order valence-electron chi connectivity index (χ3n) is 4.70. The Kier molecular flexibility index (Phi) is 8.80. The molecule has 0 atom stereocenters. The van der Waals surface area contributed by atoms with Crippen LogP contribution in [0.3, 0.4) is 0 Å². The number of hydrogen-bond acceptors (Lipinski definition) is 6. The third kappa shape index (κ3) is 6.31. The summed E-state index contributed by atoms with van der Waals surface area (Å²) in [6.07, 6.45) is 0. The normalized spacial score (nSPS) is 10.4. The zero-order valence-corrected chi connectivity index (χ0v) is 19.5. The van der Waals surface area contributed by atoms with E-state index in [4.69, 9.17) is 35.3 Å². The Hall–Kier alpha value is -3.42. The van der Waals surface area contributed by atoms with Crippen molar-refractivity contribution in [1.82, 2.24) is 0 Å². The molecule has 0 saturated heterocycles. The zero-order chi connectivity index (χ0) is 23.6. The van der Waals surface area contributed by atoms with Crippen molar-refractivity contribution in [3.05, 3.63) is 76.8 Å². The molecule has 0 aliphatic carbocycles. The largest absolute Gasteiger partial charge is 0.493 e. The third-order valence-corrected chi connectivity index (χ3v) is 5.00. The number of ether oxygens (including phenoxy) is 5. The SMILES string of the molecule is COCCOc1c(Cl)cccc1NC(=O)c1cc(OC)c(OCc2ccccc2)c(OC)c1. The van der Waals surface area contributed by atoms with Crippen LogP contribution in [0.5, 0.6) is 23.0 Å². The molecule has 0 heterocycles. The van der Waals surface area contributed by atoms with Gasteiger partial charge in [0.05, 0.1) is 31.5 Å². The summed E-state index contributed by atoms with van der Waals surface area (Å²) < 4.78 is 27.6. The molecule has 3 aromatic carbocycles. The van der Waals surface area contributed by atoms with Crippen molar-refractivity contribution in [3.8, 4) is 23.0 Å². The molecular weight excluding hydrogens is 446 g/mol. The van der Waals surface area contributed by atoms with Gasteiger partial charge in [-0.1, -0.05) is 48.0 Å². The van der Waals surface area contributed by atoms with E-state index in [-0.39, 0.29) is 12.5 Å².